The molecule has 5 nitrogen and oxygen atoms in total. The van der Waals surface area contributed by atoms with E-state index in [1.165, 1.54) is 11.1 Å². The van der Waals surface area contributed by atoms with Gasteiger partial charge in [-0.3, -0.25) is 9.78 Å². The molecule has 1 aromatic carbocycles. The van der Waals surface area contributed by atoms with Crippen LogP contribution in [-0.4, -0.2) is 42.1 Å². The van der Waals surface area contributed by atoms with Crippen molar-refractivity contribution >= 4 is 23.1 Å². The standard InChI is InChI=1S/C23H25ClN2O3/c1-2-28-22(27)9-13-26-11-7-16(8-12-26)23-18-4-3-10-25-20(18)15-29-21-14-17(24)5-6-19(21)23/h3-6,10,14H,2,7-9,11-13,15H2,1H3. The number of pyridine rings is 1. The van der Waals surface area contributed by atoms with E-state index >= 15 is 0 Å². The number of hydrogen-bond donors (Lipinski definition) is 0. The zero-order valence-corrected chi connectivity index (χ0v) is 17.4. The SMILES string of the molecule is CCOC(=O)CCN1CCC(=C2c3ccc(Cl)cc3OCc3ncccc32)CC1. The fourth-order valence-corrected chi connectivity index (χ4v) is 4.22. The van der Waals surface area contributed by atoms with Crippen LogP contribution in [0.25, 0.3) is 5.57 Å². The van der Waals surface area contributed by atoms with Crippen LogP contribution < -0.4 is 4.74 Å². The molecule has 152 valence electrons. The van der Waals surface area contributed by atoms with Gasteiger partial charge in [-0.1, -0.05) is 23.2 Å². The summed E-state index contributed by atoms with van der Waals surface area (Å²) in [5.74, 6) is 0.686. The number of likely N-dealkylation sites (tertiary alicyclic amines) is 1. The number of hydrogen-bond acceptors (Lipinski definition) is 5. The van der Waals surface area contributed by atoms with E-state index in [2.05, 4.69) is 22.0 Å². The van der Waals surface area contributed by atoms with Gasteiger partial charge in [0.1, 0.15) is 12.4 Å². The van der Waals surface area contributed by atoms with Crippen molar-refractivity contribution in [1.82, 2.24) is 9.88 Å². The van der Waals surface area contributed by atoms with Crippen LogP contribution in [0.2, 0.25) is 5.02 Å². The predicted molar refractivity (Wildman–Crippen MR) is 113 cm³/mol. The molecule has 0 amide bonds. The Kier molecular flexibility index (Phi) is 6.16. The van der Waals surface area contributed by atoms with E-state index in [9.17, 15) is 4.79 Å². The van der Waals surface area contributed by atoms with Gasteiger partial charge in [0.25, 0.3) is 0 Å². The van der Waals surface area contributed by atoms with Gasteiger partial charge in [0, 0.05) is 42.0 Å². The van der Waals surface area contributed by atoms with E-state index in [1.54, 1.807) is 0 Å². The third kappa shape index (κ3) is 4.46. The molecule has 1 fully saturated rings. The summed E-state index contributed by atoms with van der Waals surface area (Å²) in [4.78, 5) is 18.5. The molecule has 4 rings (SSSR count). The number of benzene rings is 1. The minimum Gasteiger partial charge on any atom is -0.487 e. The molecule has 0 saturated carbocycles. The highest BCUT2D eigenvalue weighted by Crippen LogP contribution is 2.41. The molecule has 0 radical (unpaired) electrons. The lowest BCUT2D eigenvalue weighted by molar-refractivity contribution is -0.143. The second-order valence-corrected chi connectivity index (χ2v) is 7.74. The first kappa shape index (κ1) is 19.9. The second-order valence-electron chi connectivity index (χ2n) is 7.30. The average Bonchev–Trinajstić information content (AvgIpc) is 2.89. The van der Waals surface area contributed by atoms with Crippen LogP contribution in [0.5, 0.6) is 5.75 Å². The Hall–Kier alpha value is -2.37. The Bertz CT molecular complexity index is 931. The first-order valence-corrected chi connectivity index (χ1v) is 10.5. The van der Waals surface area contributed by atoms with Crippen molar-refractivity contribution in [3.63, 3.8) is 0 Å². The monoisotopic (exact) mass is 412 g/mol. The first-order chi connectivity index (χ1) is 14.2. The molecular formula is C23H25ClN2O3. The number of rotatable bonds is 4. The third-order valence-corrected chi connectivity index (χ3v) is 5.72. The highest BCUT2D eigenvalue weighted by atomic mass is 35.5. The molecule has 1 saturated heterocycles. The number of halogens is 1. The molecule has 1 aromatic heterocycles. The Morgan fingerprint density at radius 2 is 2.07 bits per heavy atom. The number of fused-ring (bicyclic) bond motifs is 2. The van der Waals surface area contributed by atoms with Crippen molar-refractivity contribution in [1.29, 1.82) is 0 Å². The molecule has 0 bridgehead atoms. The molecule has 2 aliphatic rings. The smallest absolute Gasteiger partial charge is 0.307 e. The van der Waals surface area contributed by atoms with Crippen molar-refractivity contribution in [2.45, 2.75) is 32.8 Å². The molecule has 6 heteroatoms. The van der Waals surface area contributed by atoms with Crippen molar-refractivity contribution < 1.29 is 14.3 Å². The zero-order chi connectivity index (χ0) is 20.2. The Morgan fingerprint density at radius 1 is 1.24 bits per heavy atom. The summed E-state index contributed by atoms with van der Waals surface area (Å²) in [7, 11) is 0. The number of piperidine rings is 1. The minimum absolute atomic E-state index is 0.122. The van der Waals surface area contributed by atoms with Gasteiger partial charge >= 0.3 is 5.97 Å². The number of aromatic nitrogens is 1. The van der Waals surface area contributed by atoms with Crippen molar-refractivity contribution in [2.75, 3.05) is 26.2 Å². The summed E-state index contributed by atoms with van der Waals surface area (Å²) in [6.45, 7) is 5.32. The van der Waals surface area contributed by atoms with Crippen LogP contribution in [-0.2, 0) is 16.1 Å². The van der Waals surface area contributed by atoms with Crippen molar-refractivity contribution in [3.8, 4) is 5.75 Å². The molecule has 29 heavy (non-hydrogen) atoms. The summed E-state index contributed by atoms with van der Waals surface area (Å²) in [5, 5.41) is 0.667. The van der Waals surface area contributed by atoms with Crippen LogP contribution in [0.4, 0.5) is 0 Å². The Morgan fingerprint density at radius 3 is 2.86 bits per heavy atom. The van der Waals surface area contributed by atoms with E-state index in [-0.39, 0.29) is 5.97 Å². The van der Waals surface area contributed by atoms with E-state index in [0.717, 1.165) is 55.0 Å². The van der Waals surface area contributed by atoms with E-state index in [4.69, 9.17) is 21.1 Å². The van der Waals surface area contributed by atoms with Gasteiger partial charge in [0.2, 0.25) is 0 Å². The van der Waals surface area contributed by atoms with Gasteiger partial charge < -0.3 is 14.4 Å². The number of nitrogens with zero attached hydrogens (tertiary/aromatic N) is 2. The molecule has 2 aromatic rings. The normalized spacial score (nSPS) is 16.5. The topological polar surface area (TPSA) is 51.7 Å². The van der Waals surface area contributed by atoms with Crippen LogP contribution in [0.3, 0.4) is 0 Å². The lowest BCUT2D eigenvalue weighted by Gasteiger charge is -2.30. The second kappa shape index (κ2) is 8.97. The first-order valence-electron chi connectivity index (χ1n) is 10.1. The van der Waals surface area contributed by atoms with Crippen LogP contribution in [0.15, 0.2) is 42.1 Å². The fraction of sp³-hybridized carbons (Fsp3) is 0.391. The summed E-state index contributed by atoms with van der Waals surface area (Å²) >= 11 is 6.22. The molecule has 0 spiro atoms. The molecule has 0 aliphatic carbocycles. The predicted octanol–water partition coefficient (Wildman–Crippen LogP) is 4.48. The molecule has 2 aliphatic heterocycles. The van der Waals surface area contributed by atoms with Crippen LogP contribution in [0, 0.1) is 0 Å². The van der Waals surface area contributed by atoms with Gasteiger partial charge in [0.05, 0.1) is 18.7 Å². The van der Waals surface area contributed by atoms with Gasteiger partial charge in [-0.05, 0) is 49.6 Å². The van der Waals surface area contributed by atoms with Gasteiger partial charge in [-0.25, -0.2) is 0 Å². The quantitative estimate of drug-likeness (QED) is 0.693. The molecule has 0 unspecified atom stereocenters. The highest BCUT2D eigenvalue weighted by Gasteiger charge is 2.25. The number of carbonyl (C=O) groups is 1. The number of ether oxygens (including phenoxy) is 2. The number of carbonyl (C=O) groups excluding carboxylic acids is 1. The fourth-order valence-electron chi connectivity index (χ4n) is 4.05. The maximum absolute atomic E-state index is 11.6. The number of esters is 1. The lowest BCUT2D eigenvalue weighted by atomic mass is 9.87. The molecular weight excluding hydrogens is 388 g/mol. The summed E-state index contributed by atoms with van der Waals surface area (Å²) in [6.07, 6.45) is 4.16. The maximum Gasteiger partial charge on any atom is 0.307 e. The maximum atomic E-state index is 11.6. The lowest BCUT2D eigenvalue weighted by Crippen LogP contribution is -2.33. The van der Waals surface area contributed by atoms with E-state index in [0.29, 0.717) is 24.7 Å². The third-order valence-electron chi connectivity index (χ3n) is 5.49. The van der Waals surface area contributed by atoms with Crippen LogP contribution >= 0.6 is 11.6 Å². The van der Waals surface area contributed by atoms with Crippen LogP contribution in [0.1, 0.15) is 43.0 Å². The van der Waals surface area contributed by atoms with Gasteiger partial charge in [-0.2, -0.15) is 0 Å². The Balaban J connectivity index is 1.61. The Labute approximate surface area is 176 Å². The minimum atomic E-state index is -0.122. The van der Waals surface area contributed by atoms with Crippen molar-refractivity contribution in [2.24, 2.45) is 0 Å². The summed E-state index contributed by atoms with van der Waals surface area (Å²) < 4.78 is 11.1. The molecule has 3 heterocycles. The largest absolute Gasteiger partial charge is 0.487 e. The van der Waals surface area contributed by atoms with Gasteiger partial charge in [-0.15, -0.1) is 0 Å². The van der Waals surface area contributed by atoms with Crippen molar-refractivity contribution in [3.05, 3.63) is 63.9 Å². The molecule has 0 N–H and O–H groups in total. The average molecular weight is 413 g/mol. The molecule has 0 atom stereocenters. The van der Waals surface area contributed by atoms with Gasteiger partial charge in [0.15, 0.2) is 0 Å². The summed E-state index contributed by atoms with van der Waals surface area (Å²) in [5.41, 5.74) is 5.80. The highest BCUT2D eigenvalue weighted by molar-refractivity contribution is 6.30. The van der Waals surface area contributed by atoms with E-state index in [1.807, 2.05) is 31.3 Å². The van der Waals surface area contributed by atoms with E-state index < -0.39 is 0 Å². The zero-order valence-electron chi connectivity index (χ0n) is 16.6. The summed E-state index contributed by atoms with van der Waals surface area (Å²) in [6, 6.07) is 9.97.